The number of aromatic carboxylic acids is 1. The van der Waals surface area contributed by atoms with Crippen LogP contribution >= 0.6 is 0 Å². The van der Waals surface area contributed by atoms with E-state index in [0.29, 0.717) is 28.3 Å². The first kappa shape index (κ1) is 20.2. The molecule has 0 atom stereocenters. The van der Waals surface area contributed by atoms with Gasteiger partial charge in [0.25, 0.3) is 17.5 Å². The van der Waals surface area contributed by atoms with E-state index in [1.54, 1.807) is 24.3 Å². The third kappa shape index (κ3) is 3.22. The van der Waals surface area contributed by atoms with Crippen LogP contribution in [0, 0.1) is 10.1 Å². The second kappa shape index (κ2) is 7.64. The minimum Gasteiger partial charge on any atom is -0.478 e. The Kier molecular flexibility index (Phi) is 4.98. The van der Waals surface area contributed by atoms with Crippen molar-refractivity contribution >= 4 is 34.2 Å². The lowest BCUT2D eigenvalue weighted by atomic mass is 9.87. The zero-order chi connectivity index (χ0) is 22.3. The molecule has 0 unspecified atom stereocenters. The number of imide groups is 1. The molecule has 0 fully saturated rings. The SMILES string of the molecule is CCCCN1C(=O)c2cccc3c(-c4cccc(C(=O)O)c4)c([N+](=O)[O-])cc(c23)C1=O. The van der Waals surface area contributed by atoms with Crippen LogP contribution in [0.3, 0.4) is 0 Å². The third-order valence-electron chi connectivity index (χ3n) is 5.42. The highest BCUT2D eigenvalue weighted by molar-refractivity contribution is 6.27. The number of hydrogen-bond acceptors (Lipinski definition) is 5. The molecule has 0 radical (unpaired) electrons. The van der Waals surface area contributed by atoms with E-state index in [1.165, 1.54) is 24.3 Å². The van der Waals surface area contributed by atoms with E-state index in [2.05, 4.69) is 0 Å². The zero-order valence-electron chi connectivity index (χ0n) is 16.6. The van der Waals surface area contributed by atoms with E-state index in [9.17, 15) is 29.6 Å². The average Bonchev–Trinajstić information content (AvgIpc) is 2.76. The highest BCUT2D eigenvalue weighted by Crippen LogP contribution is 2.42. The second-order valence-corrected chi connectivity index (χ2v) is 7.30. The number of carboxylic acids is 1. The fourth-order valence-corrected chi connectivity index (χ4v) is 3.97. The number of nitrogens with zero attached hydrogens (tertiary/aromatic N) is 2. The Hall–Kier alpha value is -4.07. The number of nitro groups is 1. The van der Waals surface area contributed by atoms with Crippen LogP contribution in [-0.2, 0) is 0 Å². The van der Waals surface area contributed by atoms with Crippen molar-refractivity contribution in [1.82, 2.24) is 4.90 Å². The standard InChI is InChI=1S/C23H18N2O6/c1-2-3-10-24-21(26)16-9-5-8-15-19(13-6-4-7-14(11-13)23(28)29)18(25(30)31)12-17(20(15)16)22(24)27/h4-9,11-12H,2-3,10H2,1H3,(H,28,29). The summed E-state index contributed by atoms with van der Waals surface area (Å²) in [6.07, 6.45) is 1.41. The monoisotopic (exact) mass is 418 g/mol. The number of rotatable bonds is 6. The van der Waals surface area contributed by atoms with Gasteiger partial charge in [0.1, 0.15) is 0 Å². The molecule has 0 bridgehead atoms. The van der Waals surface area contributed by atoms with Gasteiger partial charge in [-0.15, -0.1) is 0 Å². The molecule has 8 nitrogen and oxygen atoms in total. The van der Waals surface area contributed by atoms with Crippen molar-refractivity contribution in [2.75, 3.05) is 6.54 Å². The van der Waals surface area contributed by atoms with Crippen LogP contribution in [0.1, 0.15) is 50.8 Å². The van der Waals surface area contributed by atoms with E-state index in [-0.39, 0.29) is 28.9 Å². The normalized spacial score (nSPS) is 13.0. The van der Waals surface area contributed by atoms with Crippen LogP contribution in [0.15, 0.2) is 48.5 Å². The Balaban J connectivity index is 2.06. The number of carbonyl (C=O) groups excluding carboxylic acids is 2. The fourth-order valence-electron chi connectivity index (χ4n) is 3.97. The molecule has 2 amide bonds. The largest absolute Gasteiger partial charge is 0.478 e. The molecule has 1 N–H and O–H groups in total. The Morgan fingerprint density at radius 1 is 1.06 bits per heavy atom. The maximum absolute atomic E-state index is 13.1. The molecule has 3 aromatic carbocycles. The first-order chi connectivity index (χ1) is 14.8. The van der Waals surface area contributed by atoms with E-state index in [4.69, 9.17) is 0 Å². The molecule has 0 spiro atoms. The molecule has 156 valence electrons. The summed E-state index contributed by atoms with van der Waals surface area (Å²) in [6, 6.07) is 11.8. The van der Waals surface area contributed by atoms with Gasteiger partial charge < -0.3 is 5.11 Å². The summed E-state index contributed by atoms with van der Waals surface area (Å²) in [7, 11) is 0. The minimum atomic E-state index is -1.16. The summed E-state index contributed by atoms with van der Waals surface area (Å²) in [5, 5.41) is 22.0. The van der Waals surface area contributed by atoms with Gasteiger partial charge in [-0.2, -0.15) is 0 Å². The highest BCUT2D eigenvalue weighted by Gasteiger charge is 2.36. The van der Waals surface area contributed by atoms with Crippen LogP contribution in [-0.4, -0.2) is 39.3 Å². The number of unbranched alkanes of at least 4 members (excludes halogenated alkanes) is 1. The highest BCUT2D eigenvalue weighted by atomic mass is 16.6. The lowest BCUT2D eigenvalue weighted by Gasteiger charge is -2.27. The van der Waals surface area contributed by atoms with E-state index >= 15 is 0 Å². The molecular formula is C23H18N2O6. The summed E-state index contributed by atoms with van der Waals surface area (Å²) in [6.45, 7) is 2.18. The molecule has 0 aromatic heterocycles. The number of nitro benzene ring substituents is 1. The molecule has 1 heterocycles. The second-order valence-electron chi connectivity index (χ2n) is 7.30. The molecule has 0 saturated carbocycles. The number of hydrogen-bond donors (Lipinski definition) is 1. The van der Waals surface area contributed by atoms with Crippen molar-refractivity contribution in [3.63, 3.8) is 0 Å². The van der Waals surface area contributed by atoms with E-state index in [1.807, 2.05) is 6.92 Å². The van der Waals surface area contributed by atoms with Crippen LogP contribution in [0.4, 0.5) is 5.69 Å². The topological polar surface area (TPSA) is 118 Å². The van der Waals surface area contributed by atoms with E-state index in [0.717, 1.165) is 11.3 Å². The summed E-state index contributed by atoms with van der Waals surface area (Å²) < 4.78 is 0. The van der Waals surface area contributed by atoms with Crippen molar-refractivity contribution in [1.29, 1.82) is 0 Å². The Morgan fingerprint density at radius 3 is 2.45 bits per heavy atom. The summed E-state index contributed by atoms with van der Waals surface area (Å²) in [4.78, 5) is 50.0. The van der Waals surface area contributed by atoms with E-state index < -0.39 is 22.7 Å². The predicted octanol–water partition coefficient (Wildman–Crippen LogP) is 4.51. The first-order valence-corrected chi connectivity index (χ1v) is 9.79. The van der Waals surface area contributed by atoms with Gasteiger partial charge in [-0.05, 0) is 35.6 Å². The number of carboxylic acid groups (broad SMARTS) is 1. The predicted molar refractivity (Wildman–Crippen MR) is 113 cm³/mol. The Labute approximate surface area is 176 Å². The van der Waals surface area contributed by atoms with Crippen molar-refractivity contribution in [3.8, 4) is 11.1 Å². The fraction of sp³-hybridized carbons (Fsp3) is 0.174. The van der Waals surface area contributed by atoms with Crippen molar-refractivity contribution in [2.45, 2.75) is 19.8 Å². The zero-order valence-corrected chi connectivity index (χ0v) is 16.6. The van der Waals surface area contributed by atoms with Crippen molar-refractivity contribution in [3.05, 3.63) is 75.3 Å². The first-order valence-electron chi connectivity index (χ1n) is 9.79. The van der Waals surface area contributed by atoms with Gasteiger partial charge in [-0.25, -0.2) is 4.79 Å². The quantitative estimate of drug-likeness (QED) is 0.357. The maximum atomic E-state index is 13.1. The molecule has 4 rings (SSSR count). The molecule has 31 heavy (non-hydrogen) atoms. The Morgan fingerprint density at radius 2 is 1.77 bits per heavy atom. The van der Waals surface area contributed by atoms with Crippen LogP contribution in [0.5, 0.6) is 0 Å². The molecular weight excluding hydrogens is 400 g/mol. The van der Waals surface area contributed by atoms with Gasteiger partial charge in [0, 0.05) is 23.6 Å². The lowest BCUT2D eigenvalue weighted by Crippen LogP contribution is -2.40. The van der Waals surface area contributed by atoms with Gasteiger partial charge in [0.15, 0.2) is 0 Å². The summed E-state index contributed by atoms with van der Waals surface area (Å²) in [5.41, 5.74) is 0.560. The number of carbonyl (C=O) groups is 3. The van der Waals surface area contributed by atoms with Crippen LogP contribution in [0.25, 0.3) is 21.9 Å². The molecule has 0 saturated heterocycles. The number of benzene rings is 3. The van der Waals surface area contributed by atoms with Gasteiger partial charge in [-0.1, -0.05) is 37.6 Å². The third-order valence-corrected chi connectivity index (χ3v) is 5.42. The van der Waals surface area contributed by atoms with Gasteiger partial charge in [-0.3, -0.25) is 24.6 Å². The smallest absolute Gasteiger partial charge is 0.335 e. The van der Waals surface area contributed by atoms with Gasteiger partial charge >= 0.3 is 5.97 Å². The lowest BCUT2D eigenvalue weighted by molar-refractivity contribution is -0.384. The van der Waals surface area contributed by atoms with Gasteiger partial charge in [0.2, 0.25) is 0 Å². The Bertz CT molecular complexity index is 1280. The maximum Gasteiger partial charge on any atom is 0.335 e. The van der Waals surface area contributed by atoms with Crippen molar-refractivity contribution < 1.29 is 24.4 Å². The van der Waals surface area contributed by atoms with Gasteiger partial charge in [0.05, 0.1) is 21.6 Å². The van der Waals surface area contributed by atoms with Crippen LogP contribution < -0.4 is 0 Å². The molecule has 1 aliphatic heterocycles. The minimum absolute atomic E-state index is 0.0230. The number of amides is 2. The molecule has 8 heteroatoms. The molecule has 0 aliphatic carbocycles. The van der Waals surface area contributed by atoms with Crippen LogP contribution in [0.2, 0.25) is 0 Å². The van der Waals surface area contributed by atoms with Crippen molar-refractivity contribution in [2.24, 2.45) is 0 Å². The molecule has 3 aromatic rings. The molecule has 1 aliphatic rings. The average molecular weight is 418 g/mol. The summed E-state index contributed by atoms with van der Waals surface area (Å²) in [5.74, 6) is -2.16. The summed E-state index contributed by atoms with van der Waals surface area (Å²) >= 11 is 0.